The average Bonchev–Trinajstić information content (AvgIpc) is 3.00. The van der Waals surface area contributed by atoms with E-state index in [0.29, 0.717) is 17.0 Å². The van der Waals surface area contributed by atoms with Crippen LogP contribution in [0.1, 0.15) is 28.7 Å². The summed E-state index contributed by atoms with van der Waals surface area (Å²) in [5.41, 5.74) is 8.35. The highest BCUT2D eigenvalue weighted by Crippen LogP contribution is 2.26. The lowest BCUT2D eigenvalue weighted by Crippen LogP contribution is -2.10. The third kappa shape index (κ3) is 4.53. The summed E-state index contributed by atoms with van der Waals surface area (Å²) in [6, 6.07) is 14.7. The molecule has 0 atom stereocenters. The molecule has 0 unspecified atom stereocenters. The molecule has 0 aliphatic rings. The number of anilines is 1. The monoisotopic (exact) mass is 381 g/mol. The first-order chi connectivity index (χ1) is 12.9. The van der Waals surface area contributed by atoms with Gasteiger partial charge in [0.05, 0.1) is 5.69 Å². The summed E-state index contributed by atoms with van der Waals surface area (Å²) in [6.07, 6.45) is 0. The predicted octanol–water partition coefficient (Wildman–Crippen LogP) is 2.93. The summed E-state index contributed by atoms with van der Waals surface area (Å²) in [5, 5.41) is 11.9. The number of hydrogen-bond donors (Lipinski definition) is 2. The zero-order valence-electron chi connectivity index (χ0n) is 15.0. The number of carbonyl (C=O) groups excluding carboxylic acids is 2. The number of nitrogens with one attached hydrogen (secondary N) is 1. The number of primary amides is 1. The molecule has 3 N–H and O–H groups in total. The van der Waals surface area contributed by atoms with E-state index in [0.717, 1.165) is 22.2 Å². The molecule has 0 bridgehead atoms. The minimum absolute atomic E-state index is 0.128. The second kappa shape index (κ2) is 8.05. The summed E-state index contributed by atoms with van der Waals surface area (Å²) >= 11 is 1.51. The lowest BCUT2D eigenvalue weighted by molar-refractivity contribution is -0.114. The topological polar surface area (TPSA) is 103 Å². The summed E-state index contributed by atoms with van der Waals surface area (Å²) in [5.74, 6) is 0.778. The highest BCUT2D eigenvalue weighted by Gasteiger charge is 2.13. The number of thioether (sulfide) groups is 1. The summed E-state index contributed by atoms with van der Waals surface area (Å²) < 4.78 is 1.92. The van der Waals surface area contributed by atoms with E-state index >= 15 is 0 Å². The number of nitrogens with zero attached hydrogens (tertiary/aromatic N) is 3. The number of benzene rings is 2. The number of carbonyl (C=O) groups is 2. The number of aryl methyl sites for hydroxylation is 1. The zero-order chi connectivity index (χ0) is 19.4. The maximum absolute atomic E-state index is 11.3. The van der Waals surface area contributed by atoms with Crippen LogP contribution in [0.5, 0.6) is 0 Å². The molecule has 2 amide bonds. The van der Waals surface area contributed by atoms with Gasteiger partial charge in [-0.2, -0.15) is 0 Å². The van der Waals surface area contributed by atoms with Crippen LogP contribution >= 0.6 is 11.8 Å². The van der Waals surface area contributed by atoms with Crippen molar-refractivity contribution in [3.8, 4) is 5.69 Å². The van der Waals surface area contributed by atoms with Crippen LogP contribution in [0, 0.1) is 6.92 Å². The molecule has 8 heteroatoms. The normalized spacial score (nSPS) is 10.6. The van der Waals surface area contributed by atoms with E-state index in [2.05, 4.69) is 15.5 Å². The zero-order valence-corrected chi connectivity index (χ0v) is 15.8. The number of amides is 2. The minimum atomic E-state index is -0.448. The van der Waals surface area contributed by atoms with Gasteiger partial charge in [-0.25, -0.2) is 0 Å². The lowest BCUT2D eigenvalue weighted by Gasteiger charge is -2.10. The smallest absolute Gasteiger partial charge is 0.248 e. The molecule has 3 rings (SSSR count). The van der Waals surface area contributed by atoms with Crippen LogP contribution in [0.4, 0.5) is 5.69 Å². The Bertz CT molecular complexity index is 999. The van der Waals surface area contributed by atoms with Gasteiger partial charge in [0.15, 0.2) is 5.16 Å². The Morgan fingerprint density at radius 2 is 1.93 bits per heavy atom. The standard InChI is InChI=1S/C19H19N5O2S/c1-12-22-23-19(27-11-14-5-3-6-15(9-14)18(20)26)24(12)17-8-4-7-16(10-17)21-13(2)25/h3-10H,11H2,1-2H3,(H2,20,26)(H,21,25). The molecular weight excluding hydrogens is 362 g/mol. The quantitative estimate of drug-likeness (QED) is 0.639. The molecule has 2 aromatic carbocycles. The molecule has 27 heavy (non-hydrogen) atoms. The minimum Gasteiger partial charge on any atom is -0.366 e. The highest BCUT2D eigenvalue weighted by molar-refractivity contribution is 7.98. The van der Waals surface area contributed by atoms with Gasteiger partial charge >= 0.3 is 0 Å². The molecule has 1 aromatic heterocycles. The third-order valence-electron chi connectivity index (χ3n) is 3.80. The fraction of sp³-hybridized carbons (Fsp3) is 0.158. The summed E-state index contributed by atoms with van der Waals surface area (Å²) in [6.45, 7) is 3.34. The van der Waals surface area contributed by atoms with E-state index in [-0.39, 0.29) is 5.91 Å². The molecule has 0 fully saturated rings. The second-order valence-electron chi connectivity index (χ2n) is 5.95. The van der Waals surface area contributed by atoms with Crippen molar-refractivity contribution in [3.63, 3.8) is 0 Å². The average molecular weight is 381 g/mol. The molecule has 0 saturated carbocycles. The van der Waals surface area contributed by atoms with Crippen molar-refractivity contribution in [1.82, 2.24) is 14.8 Å². The number of hydrogen-bond acceptors (Lipinski definition) is 5. The van der Waals surface area contributed by atoms with E-state index in [1.54, 1.807) is 12.1 Å². The van der Waals surface area contributed by atoms with Crippen LogP contribution in [-0.2, 0) is 10.5 Å². The Balaban J connectivity index is 1.84. The highest BCUT2D eigenvalue weighted by atomic mass is 32.2. The Kier molecular flexibility index (Phi) is 5.56. The number of nitrogens with two attached hydrogens (primary N) is 1. The van der Waals surface area contributed by atoms with Crippen molar-refractivity contribution in [1.29, 1.82) is 0 Å². The van der Waals surface area contributed by atoms with Gasteiger partial charge in [-0.15, -0.1) is 10.2 Å². The molecule has 1 heterocycles. The second-order valence-corrected chi connectivity index (χ2v) is 6.89. The number of rotatable bonds is 6. The van der Waals surface area contributed by atoms with Gasteiger partial charge in [-0.3, -0.25) is 14.2 Å². The van der Waals surface area contributed by atoms with Crippen molar-refractivity contribution < 1.29 is 9.59 Å². The van der Waals surface area contributed by atoms with Gasteiger partial charge in [-0.05, 0) is 42.8 Å². The maximum Gasteiger partial charge on any atom is 0.248 e. The molecule has 7 nitrogen and oxygen atoms in total. The van der Waals surface area contributed by atoms with Gasteiger partial charge < -0.3 is 11.1 Å². The van der Waals surface area contributed by atoms with E-state index in [1.807, 2.05) is 47.9 Å². The fourth-order valence-corrected chi connectivity index (χ4v) is 3.56. The maximum atomic E-state index is 11.3. The molecule has 0 saturated heterocycles. The van der Waals surface area contributed by atoms with Gasteiger partial charge in [0.2, 0.25) is 11.8 Å². The third-order valence-corrected chi connectivity index (χ3v) is 4.80. The Morgan fingerprint density at radius 1 is 1.15 bits per heavy atom. The van der Waals surface area contributed by atoms with Gasteiger partial charge in [0, 0.05) is 23.9 Å². The van der Waals surface area contributed by atoms with Crippen molar-refractivity contribution in [3.05, 3.63) is 65.5 Å². The van der Waals surface area contributed by atoms with Gasteiger partial charge in [-0.1, -0.05) is 30.0 Å². The molecule has 0 spiro atoms. The SMILES string of the molecule is CC(=O)Nc1cccc(-n2c(C)nnc2SCc2cccc(C(N)=O)c2)c1. The van der Waals surface area contributed by atoms with Crippen LogP contribution in [0.3, 0.4) is 0 Å². The predicted molar refractivity (Wildman–Crippen MR) is 105 cm³/mol. The Labute approximate surface area is 161 Å². The van der Waals surface area contributed by atoms with Crippen LogP contribution in [0.25, 0.3) is 5.69 Å². The van der Waals surface area contributed by atoms with Crippen LogP contribution in [-0.4, -0.2) is 26.6 Å². The van der Waals surface area contributed by atoms with Gasteiger partial charge in [0.1, 0.15) is 5.82 Å². The van der Waals surface area contributed by atoms with E-state index in [9.17, 15) is 9.59 Å². The number of aromatic nitrogens is 3. The van der Waals surface area contributed by atoms with E-state index in [1.165, 1.54) is 18.7 Å². The van der Waals surface area contributed by atoms with E-state index in [4.69, 9.17) is 5.73 Å². The van der Waals surface area contributed by atoms with Crippen molar-refractivity contribution in [2.75, 3.05) is 5.32 Å². The van der Waals surface area contributed by atoms with Crippen LogP contribution < -0.4 is 11.1 Å². The van der Waals surface area contributed by atoms with E-state index < -0.39 is 5.91 Å². The Hall–Kier alpha value is -3.13. The fourth-order valence-electron chi connectivity index (χ4n) is 2.62. The first-order valence-corrected chi connectivity index (χ1v) is 9.24. The Morgan fingerprint density at radius 3 is 2.67 bits per heavy atom. The largest absolute Gasteiger partial charge is 0.366 e. The van der Waals surface area contributed by atoms with Crippen LogP contribution in [0.15, 0.2) is 53.7 Å². The van der Waals surface area contributed by atoms with Crippen molar-refractivity contribution in [2.24, 2.45) is 5.73 Å². The molecule has 138 valence electrons. The lowest BCUT2D eigenvalue weighted by atomic mass is 10.1. The summed E-state index contributed by atoms with van der Waals surface area (Å²) in [7, 11) is 0. The van der Waals surface area contributed by atoms with Crippen molar-refractivity contribution >= 4 is 29.3 Å². The molecule has 0 aliphatic heterocycles. The first-order valence-electron chi connectivity index (χ1n) is 8.25. The molecule has 3 aromatic rings. The van der Waals surface area contributed by atoms with Gasteiger partial charge in [0.25, 0.3) is 0 Å². The van der Waals surface area contributed by atoms with Crippen molar-refractivity contribution in [2.45, 2.75) is 24.8 Å². The molecule has 0 aliphatic carbocycles. The first kappa shape index (κ1) is 18.7. The summed E-state index contributed by atoms with van der Waals surface area (Å²) in [4.78, 5) is 22.6. The molecular formula is C19H19N5O2S. The van der Waals surface area contributed by atoms with Crippen LogP contribution in [0.2, 0.25) is 0 Å². The molecule has 0 radical (unpaired) electrons.